The van der Waals surface area contributed by atoms with Crippen molar-refractivity contribution in [2.45, 2.75) is 13.5 Å². The molecule has 0 aliphatic carbocycles. The van der Waals surface area contributed by atoms with Crippen molar-refractivity contribution in [1.29, 1.82) is 0 Å². The highest BCUT2D eigenvalue weighted by atomic mass is 16.6. The van der Waals surface area contributed by atoms with E-state index >= 15 is 0 Å². The smallest absolute Gasteiger partial charge is 0.410 e. The summed E-state index contributed by atoms with van der Waals surface area (Å²) >= 11 is 0. The number of benzene rings is 1. The number of anilines is 1. The van der Waals surface area contributed by atoms with Gasteiger partial charge in [0.25, 0.3) is 0 Å². The molecule has 0 atom stereocenters. The Hall–Kier alpha value is -2.50. The van der Waals surface area contributed by atoms with E-state index in [0.29, 0.717) is 19.7 Å². The number of piperazine rings is 1. The first kappa shape index (κ1) is 14.4. The summed E-state index contributed by atoms with van der Waals surface area (Å²) in [5, 5.41) is 4.00. The van der Waals surface area contributed by atoms with Gasteiger partial charge in [0.1, 0.15) is 12.4 Å². The number of aryl methyl sites for hydroxylation is 1. The molecule has 1 fully saturated rings. The molecule has 1 saturated heterocycles. The van der Waals surface area contributed by atoms with Gasteiger partial charge in [0.2, 0.25) is 0 Å². The molecular formula is C16H19N3O3. The van der Waals surface area contributed by atoms with Crippen molar-refractivity contribution < 1.29 is 14.1 Å². The lowest BCUT2D eigenvalue weighted by atomic mass is 10.2. The van der Waals surface area contributed by atoms with Gasteiger partial charge in [-0.3, -0.25) is 0 Å². The molecule has 3 rings (SSSR count). The third-order valence-corrected chi connectivity index (χ3v) is 3.68. The zero-order valence-corrected chi connectivity index (χ0v) is 12.6. The molecule has 6 heteroatoms. The zero-order valence-electron chi connectivity index (χ0n) is 12.6. The summed E-state index contributed by atoms with van der Waals surface area (Å²) in [4.78, 5) is 15.9. The van der Waals surface area contributed by atoms with Crippen LogP contribution in [0.2, 0.25) is 0 Å². The van der Waals surface area contributed by atoms with Crippen LogP contribution in [0.15, 0.2) is 40.9 Å². The maximum Gasteiger partial charge on any atom is 0.410 e. The predicted molar refractivity (Wildman–Crippen MR) is 81.7 cm³/mol. The fourth-order valence-corrected chi connectivity index (χ4v) is 2.43. The average molecular weight is 301 g/mol. The van der Waals surface area contributed by atoms with Crippen LogP contribution in [0.4, 0.5) is 10.6 Å². The van der Waals surface area contributed by atoms with Crippen LogP contribution in [-0.4, -0.2) is 42.3 Å². The van der Waals surface area contributed by atoms with Crippen LogP contribution < -0.4 is 4.90 Å². The molecule has 0 bridgehead atoms. The lowest BCUT2D eigenvalue weighted by molar-refractivity contribution is 0.0941. The molecule has 0 unspecified atom stereocenters. The van der Waals surface area contributed by atoms with Gasteiger partial charge in [-0.1, -0.05) is 35.5 Å². The van der Waals surface area contributed by atoms with E-state index in [-0.39, 0.29) is 6.09 Å². The highest BCUT2D eigenvalue weighted by Crippen LogP contribution is 2.16. The first-order valence-corrected chi connectivity index (χ1v) is 7.36. The quantitative estimate of drug-likeness (QED) is 0.871. The van der Waals surface area contributed by atoms with E-state index in [0.717, 1.165) is 30.2 Å². The Morgan fingerprint density at radius 1 is 1.23 bits per heavy atom. The fourth-order valence-electron chi connectivity index (χ4n) is 2.43. The fraction of sp³-hybridized carbons (Fsp3) is 0.375. The Labute approximate surface area is 129 Å². The molecule has 1 amide bonds. The highest BCUT2D eigenvalue weighted by Gasteiger charge is 2.23. The van der Waals surface area contributed by atoms with Crippen LogP contribution in [0.1, 0.15) is 11.3 Å². The van der Waals surface area contributed by atoms with Gasteiger partial charge >= 0.3 is 6.09 Å². The number of rotatable bonds is 3. The SMILES string of the molecule is Cc1cc(N2CCN(C(=O)OCc3ccccc3)CC2)no1. The van der Waals surface area contributed by atoms with Gasteiger partial charge in [0.05, 0.1) is 0 Å². The van der Waals surface area contributed by atoms with Gasteiger partial charge in [-0.05, 0) is 12.5 Å². The number of hydrogen-bond donors (Lipinski definition) is 0. The maximum atomic E-state index is 12.1. The van der Waals surface area contributed by atoms with Crippen molar-refractivity contribution in [3.63, 3.8) is 0 Å². The maximum absolute atomic E-state index is 12.1. The van der Waals surface area contributed by atoms with Crippen LogP contribution in [0, 0.1) is 6.92 Å². The number of aromatic nitrogens is 1. The van der Waals surface area contributed by atoms with Crippen LogP contribution in [0.25, 0.3) is 0 Å². The Morgan fingerprint density at radius 3 is 2.59 bits per heavy atom. The standard InChI is InChI=1S/C16H19N3O3/c1-13-11-15(17-22-13)18-7-9-19(10-8-18)16(20)21-12-14-5-3-2-4-6-14/h2-6,11H,7-10,12H2,1H3. The topological polar surface area (TPSA) is 58.8 Å². The molecule has 22 heavy (non-hydrogen) atoms. The molecule has 2 heterocycles. The largest absolute Gasteiger partial charge is 0.445 e. The summed E-state index contributed by atoms with van der Waals surface area (Å²) in [6.07, 6.45) is -0.264. The second-order valence-electron chi connectivity index (χ2n) is 5.31. The summed E-state index contributed by atoms with van der Waals surface area (Å²) < 4.78 is 10.4. The van der Waals surface area contributed by atoms with E-state index in [4.69, 9.17) is 9.26 Å². The minimum absolute atomic E-state index is 0.264. The number of carbonyl (C=O) groups is 1. The predicted octanol–water partition coefficient (Wildman–Crippen LogP) is 2.44. The Balaban J connectivity index is 1.47. The average Bonchev–Trinajstić information content (AvgIpc) is 3.00. The molecule has 6 nitrogen and oxygen atoms in total. The Morgan fingerprint density at radius 2 is 1.95 bits per heavy atom. The number of amides is 1. The first-order chi connectivity index (χ1) is 10.7. The number of hydrogen-bond acceptors (Lipinski definition) is 5. The summed E-state index contributed by atoms with van der Waals surface area (Å²) in [6, 6.07) is 11.6. The second kappa shape index (κ2) is 6.51. The van der Waals surface area contributed by atoms with Crippen molar-refractivity contribution in [1.82, 2.24) is 10.1 Å². The molecule has 1 aromatic carbocycles. The summed E-state index contributed by atoms with van der Waals surface area (Å²) in [5.74, 6) is 1.62. The molecule has 116 valence electrons. The monoisotopic (exact) mass is 301 g/mol. The van der Waals surface area contributed by atoms with E-state index in [9.17, 15) is 4.79 Å². The van der Waals surface area contributed by atoms with Crippen molar-refractivity contribution in [2.24, 2.45) is 0 Å². The van der Waals surface area contributed by atoms with Gasteiger partial charge in [-0.15, -0.1) is 0 Å². The van der Waals surface area contributed by atoms with E-state index in [1.54, 1.807) is 4.90 Å². The number of carbonyl (C=O) groups excluding carboxylic acids is 1. The first-order valence-electron chi connectivity index (χ1n) is 7.36. The normalized spacial score (nSPS) is 15.0. The van der Waals surface area contributed by atoms with E-state index in [2.05, 4.69) is 10.1 Å². The van der Waals surface area contributed by atoms with Gasteiger partial charge in [-0.2, -0.15) is 0 Å². The van der Waals surface area contributed by atoms with Gasteiger partial charge in [0.15, 0.2) is 5.82 Å². The van der Waals surface area contributed by atoms with Crippen molar-refractivity contribution in [3.05, 3.63) is 47.7 Å². The molecule has 2 aromatic rings. The molecule has 1 aliphatic rings. The lowest BCUT2D eigenvalue weighted by Crippen LogP contribution is -2.49. The van der Waals surface area contributed by atoms with Crippen molar-refractivity contribution in [2.75, 3.05) is 31.1 Å². The summed E-state index contributed by atoms with van der Waals surface area (Å²) in [6.45, 7) is 4.88. The van der Waals surface area contributed by atoms with E-state index in [1.165, 1.54) is 0 Å². The Bertz CT molecular complexity index is 619. The van der Waals surface area contributed by atoms with Crippen LogP contribution in [-0.2, 0) is 11.3 Å². The lowest BCUT2D eigenvalue weighted by Gasteiger charge is -2.33. The molecular weight excluding hydrogens is 282 g/mol. The van der Waals surface area contributed by atoms with Crippen LogP contribution in [0.3, 0.4) is 0 Å². The second-order valence-corrected chi connectivity index (χ2v) is 5.31. The van der Waals surface area contributed by atoms with Gasteiger partial charge < -0.3 is 19.1 Å². The zero-order chi connectivity index (χ0) is 15.4. The van der Waals surface area contributed by atoms with Crippen LogP contribution in [0.5, 0.6) is 0 Å². The molecule has 1 aliphatic heterocycles. The van der Waals surface area contributed by atoms with E-state index in [1.807, 2.05) is 43.3 Å². The number of nitrogens with zero attached hydrogens (tertiary/aromatic N) is 3. The highest BCUT2D eigenvalue weighted by molar-refractivity contribution is 5.68. The van der Waals surface area contributed by atoms with Crippen LogP contribution >= 0.6 is 0 Å². The summed E-state index contributed by atoms with van der Waals surface area (Å²) in [7, 11) is 0. The summed E-state index contributed by atoms with van der Waals surface area (Å²) in [5.41, 5.74) is 0.993. The van der Waals surface area contributed by atoms with Gasteiger partial charge in [-0.25, -0.2) is 4.79 Å². The molecule has 0 radical (unpaired) electrons. The van der Waals surface area contributed by atoms with Crippen molar-refractivity contribution >= 4 is 11.9 Å². The minimum Gasteiger partial charge on any atom is -0.445 e. The van der Waals surface area contributed by atoms with E-state index < -0.39 is 0 Å². The van der Waals surface area contributed by atoms with Gasteiger partial charge in [0, 0.05) is 32.2 Å². The number of ether oxygens (including phenoxy) is 1. The third kappa shape index (κ3) is 3.39. The molecule has 0 spiro atoms. The molecule has 1 aromatic heterocycles. The third-order valence-electron chi connectivity index (χ3n) is 3.68. The minimum atomic E-state index is -0.264. The van der Waals surface area contributed by atoms with Crippen molar-refractivity contribution in [3.8, 4) is 0 Å². The molecule has 0 saturated carbocycles. The molecule has 0 N–H and O–H groups in total. The Kier molecular flexibility index (Phi) is 4.27.